The highest BCUT2D eigenvalue weighted by Crippen LogP contribution is 2.26. The van der Waals surface area contributed by atoms with Gasteiger partial charge in [-0.25, -0.2) is 9.97 Å². The van der Waals surface area contributed by atoms with Gasteiger partial charge >= 0.3 is 0 Å². The summed E-state index contributed by atoms with van der Waals surface area (Å²) in [7, 11) is 1.89. The summed E-state index contributed by atoms with van der Waals surface area (Å²) in [5.74, 6) is 0.344. The number of carbonyl (C=O) groups excluding carboxylic acids is 1. The van der Waals surface area contributed by atoms with Crippen LogP contribution in [0.2, 0.25) is 0 Å². The van der Waals surface area contributed by atoms with E-state index in [1.165, 1.54) is 0 Å². The average molecular weight is 310 g/mol. The molecule has 0 aliphatic carbocycles. The number of aryl methyl sites for hydroxylation is 1. The molecule has 1 fully saturated rings. The number of hydrogen-bond acceptors (Lipinski definition) is 4. The van der Waals surface area contributed by atoms with Crippen molar-refractivity contribution in [3.63, 3.8) is 0 Å². The molecule has 1 unspecified atom stereocenters. The average Bonchev–Trinajstić information content (AvgIpc) is 3.24. The van der Waals surface area contributed by atoms with E-state index < -0.39 is 0 Å². The van der Waals surface area contributed by atoms with Crippen LogP contribution in [0, 0.1) is 0 Å². The van der Waals surface area contributed by atoms with Crippen LogP contribution in [0.15, 0.2) is 30.9 Å². The number of rotatable bonds is 2. The molecule has 1 atom stereocenters. The molecule has 1 saturated heterocycles. The van der Waals surface area contributed by atoms with Crippen LogP contribution in [-0.4, -0.2) is 48.6 Å². The number of likely N-dealkylation sites (tertiary alicyclic amines) is 1. The molecule has 4 rings (SSSR count). The van der Waals surface area contributed by atoms with Crippen LogP contribution in [0.5, 0.6) is 0 Å². The zero-order chi connectivity index (χ0) is 15.8. The minimum Gasteiger partial charge on any atom is -0.338 e. The number of hydrogen-bond donors (Lipinski definition) is 1. The van der Waals surface area contributed by atoms with Crippen molar-refractivity contribution < 1.29 is 4.79 Å². The van der Waals surface area contributed by atoms with E-state index in [-0.39, 0.29) is 5.91 Å². The molecule has 1 amide bonds. The van der Waals surface area contributed by atoms with Crippen molar-refractivity contribution >= 4 is 17.1 Å². The van der Waals surface area contributed by atoms with Gasteiger partial charge in [0.1, 0.15) is 5.52 Å². The maximum absolute atomic E-state index is 12.8. The first-order valence-electron chi connectivity index (χ1n) is 7.78. The summed E-state index contributed by atoms with van der Waals surface area (Å²) in [6, 6.07) is 3.81. The van der Waals surface area contributed by atoms with Gasteiger partial charge < -0.3 is 9.47 Å². The van der Waals surface area contributed by atoms with Crippen molar-refractivity contribution in [1.82, 2.24) is 29.6 Å². The minimum atomic E-state index is 0.0225. The third-order valence-electron chi connectivity index (χ3n) is 4.47. The first-order chi connectivity index (χ1) is 11.2. The number of H-pyrrole nitrogens is 1. The SMILES string of the molecule is Cn1cnc2cc(C(=O)N3CCCC(c4ccn[nH]4)C3)cnc21. The molecule has 3 aromatic heterocycles. The van der Waals surface area contributed by atoms with Crippen LogP contribution < -0.4 is 0 Å². The van der Waals surface area contributed by atoms with Crippen LogP contribution in [0.25, 0.3) is 11.2 Å². The summed E-state index contributed by atoms with van der Waals surface area (Å²) < 4.78 is 1.85. The molecule has 0 aromatic carbocycles. The Labute approximate surface area is 133 Å². The Hall–Kier alpha value is -2.70. The molecule has 4 heterocycles. The monoisotopic (exact) mass is 310 g/mol. The van der Waals surface area contributed by atoms with Gasteiger partial charge in [-0.15, -0.1) is 0 Å². The molecule has 0 spiro atoms. The molecule has 7 nitrogen and oxygen atoms in total. The van der Waals surface area contributed by atoms with Crippen molar-refractivity contribution in [2.45, 2.75) is 18.8 Å². The third kappa shape index (κ3) is 2.48. The molecule has 0 bridgehead atoms. The van der Waals surface area contributed by atoms with Gasteiger partial charge in [-0.05, 0) is 25.0 Å². The Kier molecular flexibility index (Phi) is 3.33. The highest BCUT2D eigenvalue weighted by molar-refractivity contribution is 5.96. The summed E-state index contributed by atoms with van der Waals surface area (Å²) in [6.45, 7) is 1.49. The second-order valence-electron chi connectivity index (χ2n) is 6.02. The number of amides is 1. The predicted octanol–water partition coefficient (Wildman–Crippen LogP) is 1.71. The van der Waals surface area contributed by atoms with Gasteiger partial charge in [0.25, 0.3) is 5.91 Å². The number of pyridine rings is 1. The lowest BCUT2D eigenvalue weighted by atomic mass is 9.94. The van der Waals surface area contributed by atoms with E-state index in [0.29, 0.717) is 18.0 Å². The molecular formula is C16H18N6O. The Morgan fingerprint density at radius 2 is 2.30 bits per heavy atom. The Bertz CT molecular complexity index is 838. The van der Waals surface area contributed by atoms with Gasteiger partial charge in [-0.1, -0.05) is 0 Å². The van der Waals surface area contributed by atoms with Gasteiger partial charge in [-0.3, -0.25) is 9.89 Å². The number of aromatic nitrogens is 5. The summed E-state index contributed by atoms with van der Waals surface area (Å²) >= 11 is 0. The van der Waals surface area contributed by atoms with Gasteiger partial charge in [0.15, 0.2) is 5.65 Å². The standard InChI is InChI=1S/C16H18N6O/c1-21-10-18-14-7-12(8-17-15(14)21)16(23)22-6-2-3-11(9-22)13-4-5-19-20-13/h4-5,7-8,10-11H,2-3,6,9H2,1H3,(H,19,20). The summed E-state index contributed by atoms with van der Waals surface area (Å²) in [5, 5.41) is 7.03. The second-order valence-corrected chi connectivity index (χ2v) is 6.02. The maximum Gasteiger partial charge on any atom is 0.255 e. The third-order valence-corrected chi connectivity index (χ3v) is 4.47. The van der Waals surface area contributed by atoms with Crippen molar-refractivity contribution in [1.29, 1.82) is 0 Å². The van der Waals surface area contributed by atoms with Gasteiger partial charge in [0.05, 0.1) is 11.9 Å². The summed E-state index contributed by atoms with van der Waals surface area (Å²) in [5.41, 5.74) is 3.23. The topological polar surface area (TPSA) is 79.7 Å². The number of carbonyl (C=O) groups is 1. The Morgan fingerprint density at radius 3 is 3.13 bits per heavy atom. The number of aromatic amines is 1. The molecule has 1 N–H and O–H groups in total. The fourth-order valence-corrected chi connectivity index (χ4v) is 3.23. The zero-order valence-corrected chi connectivity index (χ0v) is 12.9. The van der Waals surface area contributed by atoms with E-state index in [4.69, 9.17) is 0 Å². The lowest BCUT2D eigenvalue weighted by molar-refractivity contribution is 0.0705. The number of piperidine rings is 1. The van der Waals surface area contributed by atoms with Gasteiger partial charge in [0, 0.05) is 44.1 Å². The molecule has 0 radical (unpaired) electrons. The fraction of sp³-hybridized carbons (Fsp3) is 0.375. The molecular weight excluding hydrogens is 292 g/mol. The Morgan fingerprint density at radius 1 is 1.39 bits per heavy atom. The fourth-order valence-electron chi connectivity index (χ4n) is 3.23. The first-order valence-corrected chi connectivity index (χ1v) is 7.78. The second kappa shape index (κ2) is 5.49. The quantitative estimate of drug-likeness (QED) is 0.781. The lowest BCUT2D eigenvalue weighted by Crippen LogP contribution is -2.39. The number of imidazole rings is 1. The minimum absolute atomic E-state index is 0.0225. The van der Waals surface area contributed by atoms with E-state index in [1.807, 2.05) is 28.6 Å². The van der Waals surface area contributed by atoms with Crippen molar-refractivity contribution in [3.05, 3.63) is 42.1 Å². The van der Waals surface area contributed by atoms with Crippen LogP contribution >= 0.6 is 0 Å². The normalized spacial score (nSPS) is 18.5. The molecule has 118 valence electrons. The van der Waals surface area contributed by atoms with Crippen LogP contribution in [0.4, 0.5) is 0 Å². The summed E-state index contributed by atoms with van der Waals surface area (Å²) in [6.07, 6.45) is 7.18. The Balaban J connectivity index is 1.57. The molecule has 23 heavy (non-hydrogen) atoms. The van der Waals surface area contributed by atoms with Crippen LogP contribution in [-0.2, 0) is 7.05 Å². The predicted molar refractivity (Wildman–Crippen MR) is 85.0 cm³/mol. The molecule has 7 heteroatoms. The van der Waals surface area contributed by atoms with E-state index in [2.05, 4.69) is 20.2 Å². The highest BCUT2D eigenvalue weighted by atomic mass is 16.2. The lowest BCUT2D eigenvalue weighted by Gasteiger charge is -2.32. The van der Waals surface area contributed by atoms with E-state index >= 15 is 0 Å². The molecule has 0 saturated carbocycles. The van der Waals surface area contributed by atoms with Crippen LogP contribution in [0.3, 0.4) is 0 Å². The van der Waals surface area contributed by atoms with Crippen molar-refractivity contribution in [2.24, 2.45) is 7.05 Å². The zero-order valence-electron chi connectivity index (χ0n) is 12.9. The van der Waals surface area contributed by atoms with Gasteiger partial charge in [0.2, 0.25) is 0 Å². The van der Waals surface area contributed by atoms with Crippen molar-refractivity contribution in [2.75, 3.05) is 13.1 Å². The summed E-state index contributed by atoms with van der Waals surface area (Å²) in [4.78, 5) is 23.3. The van der Waals surface area contributed by atoms with E-state index in [0.717, 1.165) is 36.2 Å². The largest absolute Gasteiger partial charge is 0.338 e. The number of nitrogens with zero attached hydrogens (tertiary/aromatic N) is 5. The van der Waals surface area contributed by atoms with Crippen molar-refractivity contribution in [3.8, 4) is 0 Å². The van der Waals surface area contributed by atoms with Gasteiger partial charge in [-0.2, -0.15) is 5.10 Å². The number of nitrogens with one attached hydrogen (secondary N) is 1. The van der Waals surface area contributed by atoms with Crippen LogP contribution in [0.1, 0.15) is 34.8 Å². The number of fused-ring (bicyclic) bond motifs is 1. The maximum atomic E-state index is 12.8. The van der Waals surface area contributed by atoms with E-state index in [1.54, 1.807) is 18.7 Å². The molecule has 1 aliphatic heterocycles. The smallest absolute Gasteiger partial charge is 0.255 e. The molecule has 3 aromatic rings. The molecule has 1 aliphatic rings. The highest BCUT2D eigenvalue weighted by Gasteiger charge is 2.26. The van der Waals surface area contributed by atoms with E-state index in [9.17, 15) is 4.79 Å². The first kappa shape index (κ1) is 13.9.